The zero-order chi connectivity index (χ0) is 11.5. The van der Waals surface area contributed by atoms with Crippen LogP contribution in [0.4, 0.5) is 0 Å². The Labute approximate surface area is 101 Å². The molecule has 0 aromatic carbocycles. The Kier molecular flexibility index (Phi) is 3.95. The zero-order valence-electron chi connectivity index (χ0n) is 10.0. The molecule has 90 valence electrons. The SMILES string of the molecule is CC(C)c1nc(CC2CCOC2)sc1CN. The van der Waals surface area contributed by atoms with Gasteiger partial charge in [-0.2, -0.15) is 0 Å². The molecule has 0 aliphatic carbocycles. The second-order valence-electron chi connectivity index (χ2n) is 4.71. The maximum atomic E-state index is 5.76. The molecule has 2 N–H and O–H groups in total. The average molecular weight is 240 g/mol. The number of nitrogens with two attached hydrogens (primary N) is 1. The monoisotopic (exact) mass is 240 g/mol. The van der Waals surface area contributed by atoms with Gasteiger partial charge >= 0.3 is 0 Å². The summed E-state index contributed by atoms with van der Waals surface area (Å²) in [6.07, 6.45) is 2.24. The number of thiazole rings is 1. The Hall–Kier alpha value is -0.450. The summed E-state index contributed by atoms with van der Waals surface area (Å²) in [5, 5.41) is 1.24. The van der Waals surface area contributed by atoms with Gasteiger partial charge in [-0.3, -0.25) is 0 Å². The quantitative estimate of drug-likeness (QED) is 0.878. The number of aromatic nitrogens is 1. The Bertz CT molecular complexity index is 343. The fraction of sp³-hybridized carbons (Fsp3) is 0.750. The molecular weight excluding hydrogens is 220 g/mol. The molecule has 1 aromatic heterocycles. The number of rotatable bonds is 4. The summed E-state index contributed by atoms with van der Waals surface area (Å²) in [5.41, 5.74) is 6.95. The molecule has 1 aliphatic heterocycles. The lowest BCUT2D eigenvalue weighted by atomic mass is 10.1. The lowest BCUT2D eigenvalue weighted by molar-refractivity contribution is 0.186. The van der Waals surface area contributed by atoms with Gasteiger partial charge in [0.25, 0.3) is 0 Å². The first kappa shape index (κ1) is 12.0. The minimum atomic E-state index is 0.475. The predicted molar refractivity (Wildman–Crippen MR) is 66.7 cm³/mol. The summed E-state index contributed by atoms with van der Waals surface area (Å²) < 4.78 is 5.39. The van der Waals surface area contributed by atoms with Gasteiger partial charge in [-0.15, -0.1) is 11.3 Å². The third-order valence-corrected chi connectivity index (χ3v) is 4.11. The first-order valence-corrected chi connectivity index (χ1v) is 6.78. The molecule has 0 bridgehead atoms. The van der Waals surface area contributed by atoms with Crippen LogP contribution in [0.5, 0.6) is 0 Å². The maximum Gasteiger partial charge on any atom is 0.0935 e. The van der Waals surface area contributed by atoms with E-state index in [4.69, 9.17) is 15.5 Å². The van der Waals surface area contributed by atoms with Crippen molar-refractivity contribution in [1.82, 2.24) is 4.98 Å². The van der Waals surface area contributed by atoms with Gasteiger partial charge in [0.05, 0.1) is 10.7 Å². The molecule has 3 nitrogen and oxygen atoms in total. The Balaban J connectivity index is 2.09. The smallest absolute Gasteiger partial charge is 0.0935 e. The molecule has 1 aliphatic rings. The molecule has 1 saturated heterocycles. The third-order valence-electron chi connectivity index (χ3n) is 2.99. The van der Waals surface area contributed by atoms with E-state index in [9.17, 15) is 0 Å². The normalized spacial score (nSPS) is 20.9. The lowest BCUT2D eigenvalue weighted by Gasteiger charge is -2.03. The van der Waals surface area contributed by atoms with Crippen LogP contribution in [-0.2, 0) is 17.7 Å². The first-order chi connectivity index (χ1) is 7.70. The third kappa shape index (κ3) is 2.62. The van der Waals surface area contributed by atoms with Crippen LogP contribution in [0.2, 0.25) is 0 Å². The summed E-state index contributed by atoms with van der Waals surface area (Å²) in [5.74, 6) is 1.14. The van der Waals surface area contributed by atoms with Gasteiger partial charge in [-0.1, -0.05) is 13.8 Å². The van der Waals surface area contributed by atoms with Crippen molar-refractivity contribution in [2.75, 3.05) is 13.2 Å². The van der Waals surface area contributed by atoms with Gasteiger partial charge in [0, 0.05) is 31.1 Å². The van der Waals surface area contributed by atoms with Crippen LogP contribution in [0.25, 0.3) is 0 Å². The molecule has 2 heterocycles. The topological polar surface area (TPSA) is 48.1 Å². The molecule has 0 spiro atoms. The van der Waals surface area contributed by atoms with E-state index in [-0.39, 0.29) is 0 Å². The molecule has 1 fully saturated rings. The second kappa shape index (κ2) is 5.25. The molecule has 16 heavy (non-hydrogen) atoms. The molecule has 0 radical (unpaired) electrons. The zero-order valence-corrected chi connectivity index (χ0v) is 10.8. The molecule has 1 unspecified atom stereocenters. The van der Waals surface area contributed by atoms with Crippen LogP contribution in [-0.4, -0.2) is 18.2 Å². The van der Waals surface area contributed by atoms with Crippen molar-refractivity contribution >= 4 is 11.3 Å². The Morgan fingerprint density at radius 3 is 2.88 bits per heavy atom. The van der Waals surface area contributed by atoms with Crippen LogP contribution < -0.4 is 5.73 Å². The number of nitrogens with zero attached hydrogens (tertiary/aromatic N) is 1. The number of hydrogen-bond donors (Lipinski definition) is 1. The minimum absolute atomic E-state index is 0.475. The van der Waals surface area contributed by atoms with Crippen molar-refractivity contribution < 1.29 is 4.74 Å². The molecule has 1 atom stereocenters. The summed E-state index contributed by atoms with van der Waals surface area (Å²) in [7, 11) is 0. The maximum absolute atomic E-state index is 5.76. The van der Waals surface area contributed by atoms with E-state index in [1.165, 1.54) is 22.0 Å². The van der Waals surface area contributed by atoms with E-state index < -0.39 is 0 Å². The number of hydrogen-bond acceptors (Lipinski definition) is 4. The van der Waals surface area contributed by atoms with E-state index in [2.05, 4.69) is 13.8 Å². The van der Waals surface area contributed by atoms with Gasteiger partial charge in [0.1, 0.15) is 0 Å². The van der Waals surface area contributed by atoms with Crippen molar-refractivity contribution in [3.63, 3.8) is 0 Å². The van der Waals surface area contributed by atoms with E-state index >= 15 is 0 Å². The van der Waals surface area contributed by atoms with Crippen molar-refractivity contribution in [1.29, 1.82) is 0 Å². The molecule has 2 rings (SSSR count). The average Bonchev–Trinajstić information content (AvgIpc) is 2.87. The standard InChI is InChI=1S/C12H20N2OS/c1-8(2)12-10(6-13)16-11(14-12)5-9-3-4-15-7-9/h8-9H,3-7,13H2,1-2H3. The van der Waals surface area contributed by atoms with Crippen LogP contribution >= 0.6 is 11.3 Å². The summed E-state index contributed by atoms with van der Waals surface area (Å²) in [4.78, 5) is 5.98. The van der Waals surface area contributed by atoms with Crippen LogP contribution in [0.1, 0.15) is 41.8 Å². The predicted octanol–water partition coefficient (Wildman–Crippen LogP) is 2.30. The van der Waals surface area contributed by atoms with Crippen LogP contribution in [0.3, 0.4) is 0 Å². The molecule has 4 heteroatoms. The summed E-state index contributed by atoms with van der Waals surface area (Å²) in [6.45, 7) is 6.78. The second-order valence-corrected chi connectivity index (χ2v) is 5.88. The molecule has 0 saturated carbocycles. The molecule has 0 amide bonds. The van der Waals surface area contributed by atoms with Crippen molar-refractivity contribution in [3.8, 4) is 0 Å². The fourth-order valence-electron chi connectivity index (χ4n) is 2.09. The Morgan fingerprint density at radius 1 is 1.56 bits per heavy atom. The largest absolute Gasteiger partial charge is 0.381 e. The van der Waals surface area contributed by atoms with E-state index in [1.54, 1.807) is 11.3 Å². The minimum Gasteiger partial charge on any atom is -0.381 e. The highest BCUT2D eigenvalue weighted by molar-refractivity contribution is 7.11. The summed E-state index contributed by atoms with van der Waals surface area (Å²) >= 11 is 1.78. The van der Waals surface area contributed by atoms with Gasteiger partial charge < -0.3 is 10.5 Å². The molecule has 1 aromatic rings. The van der Waals surface area contributed by atoms with Crippen molar-refractivity contribution in [2.45, 2.75) is 39.2 Å². The van der Waals surface area contributed by atoms with Crippen LogP contribution in [0.15, 0.2) is 0 Å². The van der Waals surface area contributed by atoms with E-state index in [1.807, 2.05) is 0 Å². The van der Waals surface area contributed by atoms with Crippen molar-refractivity contribution in [2.24, 2.45) is 11.7 Å². The highest BCUT2D eigenvalue weighted by Crippen LogP contribution is 2.27. The summed E-state index contributed by atoms with van der Waals surface area (Å²) in [6, 6.07) is 0. The van der Waals surface area contributed by atoms with E-state index in [0.29, 0.717) is 18.4 Å². The molecular formula is C12H20N2OS. The fourth-order valence-corrected chi connectivity index (χ4v) is 3.31. The van der Waals surface area contributed by atoms with Gasteiger partial charge in [-0.05, 0) is 18.3 Å². The van der Waals surface area contributed by atoms with Gasteiger partial charge in [0.2, 0.25) is 0 Å². The Morgan fingerprint density at radius 2 is 2.38 bits per heavy atom. The van der Waals surface area contributed by atoms with Crippen LogP contribution in [0, 0.1) is 5.92 Å². The first-order valence-electron chi connectivity index (χ1n) is 5.97. The van der Waals surface area contributed by atoms with Gasteiger partial charge in [0.15, 0.2) is 0 Å². The highest BCUT2D eigenvalue weighted by Gasteiger charge is 2.20. The number of ether oxygens (including phenoxy) is 1. The van der Waals surface area contributed by atoms with E-state index in [0.717, 1.165) is 19.6 Å². The highest BCUT2D eigenvalue weighted by atomic mass is 32.1. The van der Waals surface area contributed by atoms with Gasteiger partial charge in [-0.25, -0.2) is 4.98 Å². The van der Waals surface area contributed by atoms with Crippen molar-refractivity contribution in [3.05, 3.63) is 15.6 Å². The lowest BCUT2D eigenvalue weighted by Crippen LogP contribution is -2.03.